The van der Waals surface area contributed by atoms with Gasteiger partial charge in [0, 0.05) is 19.3 Å². The highest BCUT2D eigenvalue weighted by molar-refractivity contribution is 5.87. The molecule has 0 aromatic heterocycles. The van der Waals surface area contributed by atoms with Crippen LogP contribution in [0.1, 0.15) is 19.4 Å². The quantitative estimate of drug-likeness (QED) is 0.876. The molecular formula is C15H22N2O2. The highest BCUT2D eigenvalue weighted by Gasteiger charge is 2.43. The smallest absolute Gasteiger partial charge is 0.247 e. The van der Waals surface area contributed by atoms with Crippen LogP contribution >= 0.6 is 0 Å². The van der Waals surface area contributed by atoms with Crippen molar-refractivity contribution in [3.8, 4) is 0 Å². The van der Waals surface area contributed by atoms with Crippen LogP contribution in [-0.2, 0) is 4.79 Å². The van der Waals surface area contributed by atoms with Gasteiger partial charge < -0.3 is 14.9 Å². The second kappa shape index (κ2) is 4.85. The van der Waals surface area contributed by atoms with E-state index >= 15 is 0 Å². The molecule has 1 heterocycles. The molecule has 1 aromatic carbocycles. The fourth-order valence-corrected chi connectivity index (χ4v) is 3.01. The van der Waals surface area contributed by atoms with E-state index in [1.807, 2.05) is 31.2 Å². The number of likely N-dealkylation sites (N-methyl/N-ethyl adjacent to an activating group) is 1. The first kappa shape index (κ1) is 13.9. The third kappa shape index (κ3) is 2.32. The summed E-state index contributed by atoms with van der Waals surface area (Å²) in [6.07, 6.45) is 0. The Bertz CT molecular complexity index is 485. The Balaban J connectivity index is 2.50. The first-order chi connectivity index (χ1) is 8.88. The van der Waals surface area contributed by atoms with Gasteiger partial charge in [-0.25, -0.2) is 0 Å². The molecule has 1 aromatic rings. The van der Waals surface area contributed by atoms with E-state index in [2.05, 4.69) is 18.7 Å². The number of carbonyl (C=O) groups is 1. The van der Waals surface area contributed by atoms with Crippen molar-refractivity contribution in [1.82, 2.24) is 4.90 Å². The number of amides is 1. The number of anilines is 1. The van der Waals surface area contributed by atoms with Gasteiger partial charge in [-0.2, -0.15) is 0 Å². The highest BCUT2D eigenvalue weighted by atomic mass is 16.3. The minimum absolute atomic E-state index is 0.0231. The zero-order chi connectivity index (χ0) is 14.2. The monoisotopic (exact) mass is 262 g/mol. The van der Waals surface area contributed by atoms with E-state index in [4.69, 9.17) is 0 Å². The van der Waals surface area contributed by atoms with E-state index in [9.17, 15) is 9.90 Å². The van der Waals surface area contributed by atoms with Gasteiger partial charge in [-0.05, 0) is 32.4 Å². The number of carbonyl (C=O) groups excluding carboxylic acids is 1. The molecule has 1 unspecified atom stereocenters. The van der Waals surface area contributed by atoms with E-state index in [0.29, 0.717) is 6.54 Å². The Morgan fingerprint density at radius 1 is 1.37 bits per heavy atom. The van der Waals surface area contributed by atoms with Crippen LogP contribution in [0.2, 0.25) is 0 Å². The zero-order valence-electron chi connectivity index (χ0n) is 12.1. The molecule has 4 nitrogen and oxygen atoms in total. The third-order valence-corrected chi connectivity index (χ3v) is 3.80. The Hall–Kier alpha value is -1.55. The molecule has 1 atom stereocenters. The van der Waals surface area contributed by atoms with E-state index < -0.39 is 6.04 Å². The molecule has 1 aliphatic rings. The summed E-state index contributed by atoms with van der Waals surface area (Å²) in [4.78, 5) is 16.0. The summed E-state index contributed by atoms with van der Waals surface area (Å²) in [6.45, 7) is 6.72. The number of hydrogen-bond acceptors (Lipinski definition) is 3. The first-order valence-corrected chi connectivity index (χ1v) is 6.59. The number of rotatable bonds is 2. The number of para-hydroxylation sites is 1. The van der Waals surface area contributed by atoms with Crippen LogP contribution < -0.4 is 4.90 Å². The maximum absolute atomic E-state index is 12.3. The molecule has 2 rings (SSSR count). The molecule has 104 valence electrons. The van der Waals surface area contributed by atoms with E-state index in [-0.39, 0.29) is 18.1 Å². The van der Waals surface area contributed by atoms with Crippen LogP contribution in [-0.4, -0.2) is 47.7 Å². The molecule has 1 amide bonds. The topological polar surface area (TPSA) is 43.8 Å². The van der Waals surface area contributed by atoms with Gasteiger partial charge in [0.05, 0.1) is 12.1 Å². The van der Waals surface area contributed by atoms with E-state index in [1.165, 1.54) is 0 Å². The molecule has 0 spiro atoms. The zero-order valence-corrected chi connectivity index (χ0v) is 12.1. The van der Waals surface area contributed by atoms with E-state index in [1.54, 1.807) is 11.9 Å². The van der Waals surface area contributed by atoms with Crippen LogP contribution in [0, 0.1) is 6.92 Å². The Labute approximate surface area is 114 Å². The minimum atomic E-state index is -0.505. The number of benzene rings is 1. The molecule has 0 radical (unpaired) electrons. The highest BCUT2D eigenvalue weighted by Crippen LogP contribution is 2.33. The van der Waals surface area contributed by atoms with Crippen LogP contribution in [0.25, 0.3) is 0 Å². The van der Waals surface area contributed by atoms with Crippen LogP contribution in [0.15, 0.2) is 24.3 Å². The molecule has 19 heavy (non-hydrogen) atoms. The van der Waals surface area contributed by atoms with Crippen molar-refractivity contribution in [2.45, 2.75) is 32.4 Å². The summed E-state index contributed by atoms with van der Waals surface area (Å²) >= 11 is 0. The van der Waals surface area contributed by atoms with Crippen molar-refractivity contribution in [2.75, 3.05) is 25.1 Å². The third-order valence-electron chi connectivity index (χ3n) is 3.80. The number of hydrogen-bond donors (Lipinski definition) is 1. The van der Waals surface area contributed by atoms with Crippen molar-refractivity contribution in [3.63, 3.8) is 0 Å². The van der Waals surface area contributed by atoms with Crippen molar-refractivity contribution in [2.24, 2.45) is 0 Å². The molecule has 4 heteroatoms. The largest absolute Gasteiger partial charge is 0.394 e. The van der Waals surface area contributed by atoms with Crippen molar-refractivity contribution < 1.29 is 9.90 Å². The summed E-state index contributed by atoms with van der Waals surface area (Å²) in [5.74, 6) is -0.0231. The average Bonchev–Trinajstić information content (AvgIpc) is 2.34. The Kier molecular flexibility index (Phi) is 3.54. The van der Waals surface area contributed by atoms with Crippen LogP contribution in [0.4, 0.5) is 5.69 Å². The molecule has 1 aliphatic heterocycles. The minimum Gasteiger partial charge on any atom is -0.394 e. The number of nitrogens with zero attached hydrogens (tertiary/aromatic N) is 2. The summed E-state index contributed by atoms with van der Waals surface area (Å²) in [5, 5.41) is 9.64. The molecule has 1 saturated heterocycles. The van der Waals surface area contributed by atoms with Crippen LogP contribution in [0.3, 0.4) is 0 Å². The van der Waals surface area contributed by atoms with Crippen molar-refractivity contribution in [3.05, 3.63) is 29.8 Å². The van der Waals surface area contributed by atoms with Crippen molar-refractivity contribution >= 4 is 11.6 Å². The lowest BCUT2D eigenvalue weighted by Crippen LogP contribution is -2.67. The fourth-order valence-electron chi connectivity index (χ4n) is 3.01. The first-order valence-electron chi connectivity index (χ1n) is 6.59. The molecule has 0 aliphatic carbocycles. The van der Waals surface area contributed by atoms with Gasteiger partial charge in [0.2, 0.25) is 5.91 Å². The van der Waals surface area contributed by atoms with Gasteiger partial charge in [0.15, 0.2) is 0 Å². The SMILES string of the molecule is Cc1ccccc1N1C(CO)C(=O)N(C)CC1(C)C. The summed E-state index contributed by atoms with van der Waals surface area (Å²) in [6, 6.07) is 7.49. The lowest BCUT2D eigenvalue weighted by atomic mass is 9.92. The number of aryl methyl sites for hydroxylation is 1. The summed E-state index contributed by atoms with van der Waals surface area (Å²) in [7, 11) is 1.79. The predicted octanol–water partition coefficient (Wildman–Crippen LogP) is 1.41. The van der Waals surface area contributed by atoms with Gasteiger partial charge in [0.25, 0.3) is 0 Å². The molecule has 0 bridgehead atoms. The molecule has 0 saturated carbocycles. The number of aliphatic hydroxyl groups excluding tert-OH is 1. The molecular weight excluding hydrogens is 240 g/mol. The average molecular weight is 262 g/mol. The maximum Gasteiger partial charge on any atom is 0.247 e. The standard InChI is InChI=1S/C15H22N2O2/c1-11-7-5-6-8-12(11)17-13(9-18)14(19)16(4)10-15(17,2)3/h5-8,13,18H,9-10H2,1-4H3. The maximum atomic E-state index is 12.3. The number of aliphatic hydroxyl groups is 1. The van der Waals surface area contributed by atoms with Gasteiger partial charge in [0.1, 0.15) is 6.04 Å². The normalized spacial score (nSPS) is 22.8. The number of piperazine rings is 1. The fraction of sp³-hybridized carbons (Fsp3) is 0.533. The van der Waals surface area contributed by atoms with Gasteiger partial charge >= 0.3 is 0 Å². The lowest BCUT2D eigenvalue weighted by Gasteiger charge is -2.51. The van der Waals surface area contributed by atoms with Crippen LogP contribution in [0.5, 0.6) is 0 Å². The van der Waals surface area contributed by atoms with Gasteiger partial charge in [-0.3, -0.25) is 4.79 Å². The van der Waals surface area contributed by atoms with Gasteiger partial charge in [-0.15, -0.1) is 0 Å². The lowest BCUT2D eigenvalue weighted by molar-refractivity contribution is -0.136. The molecule has 1 N–H and O–H groups in total. The second-order valence-corrected chi connectivity index (χ2v) is 5.86. The van der Waals surface area contributed by atoms with E-state index in [0.717, 1.165) is 11.3 Å². The van der Waals surface area contributed by atoms with Crippen molar-refractivity contribution in [1.29, 1.82) is 0 Å². The summed E-state index contributed by atoms with van der Waals surface area (Å²) in [5.41, 5.74) is 1.93. The second-order valence-electron chi connectivity index (χ2n) is 5.86. The Morgan fingerprint density at radius 2 is 2.00 bits per heavy atom. The summed E-state index contributed by atoms with van der Waals surface area (Å²) < 4.78 is 0. The predicted molar refractivity (Wildman–Crippen MR) is 76.2 cm³/mol. The Morgan fingerprint density at radius 3 is 2.58 bits per heavy atom. The molecule has 1 fully saturated rings. The van der Waals surface area contributed by atoms with Gasteiger partial charge in [-0.1, -0.05) is 18.2 Å².